The molecule has 0 saturated heterocycles. The maximum absolute atomic E-state index is 14.4. The first-order valence-corrected chi connectivity index (χ1v) is 13.9. The summed E-state index contributed by atoms with van der Waals surface area (Å²) in [6, 6.07) is 20.3. The number of aryl methyl sites for hydroxylation is 1. The van der Waals surface area contributed by atoms with Crippen molar-refractivity contribution in [1.82, 2.24) is 10.3 Å². The number of anilines is 1. The molecule has 7 nitrogen and oxygen atoms in total. The van der Waals surface area contributed by atoms with Crippen LogP contribution in [-0.2, 0) is 16.0 Å². The SMILES string of the molecule is COc1ccc([C@@H](C(=O)NC2CCCCC2)N(C(=O)Cc2c[nH]c3ccccc23)c2ccccc2C)cc1OC. The van der Waals surface area contributed by atoms with E-state index in [0.29, 0.717) is 22.7 Å². The first-order valence-electron chi connectivity index (χ1n) is 13.9. The fourth-order valence-corrected chi connectivity index (χ4v) is 5.74. The second-order valence-corrected chi connectivity index (χ2v) is 10.4. The number of methoxy groups -OCH3 is 2. The van der Waals surface area contributed by atoms with Crippen molar-refractivity contribution in [1.29, 1.82) is 0 Å². The summed E-state index contributed by atoms with van der Waals surface area (Å²) in [5, 5.41) is 4.28. The molecule has 2 N–H and O–H groups in total. The maximum Gasteiger partial charge on any atom is 0.248 e. The topological polar surface area (TPSA) is 83.7 Å². The molecule has 2 amide bonds. The third-order valence-corrected chi connectivity index (χ3v) is 7.84. The summed E-state index contributed by atoms with van der Waals surface area (Å²) >= 11 is 0. The zero-order valence-electron chi connectivity index (χ0n) is 23.4. The number of ether oxygens (including phenoxy) is 2. The second kappa shape index (κ2) is 12.3. The molecule has 0 spiro atoms. The van der Waals surface area contributed by atoms with E-state index in [0.717, 1.165) is 47.7 Å². The Balaban J connectivity index is 1.61. The predicted octanol–water partition coefficient (Wildman–Crippen LogP) is 6.26. The number of hydrogen-bond acceptors (Lipinski definition) is 4. The van der Waals surface area contributed by atoms with Crippen molar-refractivity contribution < 1.29 is 19.1 Å². The predicted molar refractivity (Wildman–Crippen MR) is 158 cm³/mol. The number of benzene rings is 3. The Morgan fingerprint density at radius 3 is 2.42 bits per heavy atom. The number of hydrogen-bond donors (Lipinski definition) is 2. The summed E-state index contributed by atoms with van der Waals surface area (Å²) in [6.07, 6.45) is 7.27. The number of carbonyl (C=O) groups excluding carboxylic acids is 2. The minimum Gasteiger partial charge on any atom is -0.493 e. The molecule has 40 heavy (non-hydrogen) atoms. The average molecular weight is 540 g/mol. The summed E-state index contributed by atoms with van der Waals surface area (Å²) in [6.45, 7) is 1.96. The number of H-pyrrole nitrogens is 1. The number of aromatic amines is 1. The number of amides is 2. The standard InChI is InChI=1S/C33H37N3O4/c1-22-11-7-10-16-28(22)36(31(37)20-24-21-34-27-15-9-8-14-26(24)27)32(33(38)35-25-12-5-4-6-13-25)23-17-18-29(39-2)30(19-23)40-3/h7-11,14-19,21,25,32,34H,4-6,12-13,20H2,1-3H3,(H,35,38)/t32-/m0/s1. The lowest BCUT2D eigenvalue weighted by Crippen LogP contribution is -2.48. The molecule has 208 valence electrons. The Morgan fingerprint density at radius 2 is 1.68 bits per heavy atom. The van der Waals surface area contributed by atoms with E-state index in [1.165, 1.54) is 6.42 Å². The molecule has 5 rings (SSSR count). The van der Waals surface area contributed by atoms with Gasteiger partial charge in [-0.05, 0) is 60.7 Å². The number of fused-ring (bicyclic) bond motifs is 1. The van der Waals surface area contributed by atoms with Gasteiger partial charge in [0, 0.05) is 28.8 Å². The number of carbonyl (C=O) groups is 2. The molecule has 1 atom stereocenters. The average Bonchev–Trinajstić information content (AvgIpc) is 3.39. The van der Waals surface area contributed by atoms with E-state index in [2.05, 4.69) is 10.3 Å². The molecule has 1 aliphatic rings. The molecule has 1 aromatic heterocycles. The minimum absolute atomic E-state index is 0.0892. The highest BCUT2D eigenvalue weighted by atomic mass is 16.5. The van der Waals surface area contributed by atoms with E-state index in [9.17, 15) is 9.59 Å². The van der Waals surface area contributed by atoms with Crippen LogP contribution in [0.25, 0.3) is 10.9 Å². The molecule has 4 aromatic rings. The molecule has 1 fully saturated rings. The Kier molecular flexibility index (Phi) is 8.39. The van der Waals surface area contributed by atoms with Gasteiger partial charge in [0.2, 0.25) is 11.8 Å². The van der Waals surface area contributed by atoms with Crippen LogP contribution in [0.3, 0.4) is 0 Å². The van der Waals surface area contributed by atoms with Crippen LogP contribution in [-0.4, -0.2) is 37.1 Å². The molecule has 0 bridgehead atoms. The molecule has 1 aliphatic carbocycles. The summed E-state index contributed by atoms with van der Waals surface area (Å²) < 4.78 is 11.1. The third-order valence-electron chi connectivity index (χ3n) is 7.84. The van der Waals surface area contributed by atoms with Crippen LogP contribution >= 0.6 is 0 Å². The fourth-order valence-electron chi connectivity index (χ4n) is 5.74. The zero-order chi connectivity index (χ0) is 28.1. The highest BCUT2D eigenvalue weighted by Crippen LogP contribution is 2.36. The van der Waals surface area contributed by atoms with Gasteiger partial charge in [0.1, 0.15) is 6.04 Å². The number of para-hydroxylation sites is 2. The first-order chi connectivity index (χ1) is 19.5. The van der Waals surface area contributed by atoms with E-state index in [4.69, 9.17) is 9.47 Å². The van der Waals surface area contributed by atoms with Crippen molar-refractivity contribution in [3.63, 3.8) is 0 Å². The van der Waals surface area contributed by atoms with Gasteiger partial charge in [0.15, 0.2) is 11.5 Å². The van der Waals surface area contributed by atoms with E-state index >= 15 is 0 Å². The number of aromatic nitrogens is 1. The van der Waals surface area contributed by atoms with Gasteiger partial charge >= 0.3 is 0 Å². The van der Waals surface area contributed by atoms with Crippen LogP contribution in [0, 0.1) is 6.92 Å². The van der Waals surface area contributed by atoms with E-state index in [-0.39, 0.29) is 24.3 Å². The van der Waals surface area contributed by atoms with Gasteiger partial charge in [-0.25, -0.2) is 0 Å². The molecule has 0 unspecified atom stereocenters. The lowest BCUT2D eigenvalue weighted by Gasteiger charge is -2.34. The van der Waals surface area contributed by atoms with E-state index < -0.39 is 6.04 Å². The number of nitrogens with one attached hydrogen (secondary N) is 2. The van der Waals surface area contributed by atoms with E-state index in [1.807, 2.05) is 67.7 Å². The van der Waals surface area contributed by atoms with Crippen molar-refractivity contribution in [2.75, 3.05) is 19.1 Å². The molecule has 1 heterocycles. The van der Waals surface area contributed by atoms with Crippen molar-refractivity contribution in [3.8, 4) is 11.5 Å². The third kappa shape index (κ3) is 5.69. The zero-order valence-corrected chi connectivity index (χ0v) is 23.4. The van der Waals surface area contributed by atoms with Gasteiger partial charge in [-0.15, -0.1) is 0 Å². The highest BCUT2D eigenvalue weighted by Gasteiger charge is 2.35. The summed E-state index contributed by atoms with van der Waals surface area (Å²) in [5.74, 6) is 0.696. The Bertz CT molecular complexity index is 1490. The Labute approximate surface area is 235 Å². The Morgan fingerprint density at radius 1 is 0.950 bits per heavy atom. The second-order valence-electron chi connectivity index (χ2n) is 10.4. The van der Waals surface area contributed by atoms with Crippen molar-refractivity contribution in [2.24, 2.45) is 0 Å². The van der Waals surface area contributed by atoms with Gasteiger partial charge in [0.05, 0.1) is 20.6 Å². The minimum atomic E-state index is -0.902. The summed E-state index contributed by atoms with van der Waals surface area (Å²) in [4.78, 5) is 33.5. The van der Waals surface area contributed by atoms with Gasteiger partial charge in [0.25, 0.3) is 0 Å². The van der Waals surface area contributed by atoms with E-state index in [1.54, 1.807) is 31.3 Å². The van der Waals surface area contributed by atoms with Gasteiger partial charge in [-0.2, -0.15) is 0 Å². The van der Waals surface area contributed by atoms with Crippen LogP contribution < -0.4 is 19.7 Å². The van der Waals surface area contributed by atoms with Crippen LogP contribution in [0.5, 0.6) is 11.5 Å². The monoisotopic (exact) mass is 539 g/mol. The van der Waals surface area contributed by atoms with Crippen molar-refractivity contribution in [3.05, 3.63) is 89.6 Å². The summed E-state index contributed by atoms with van der Waals surface area (Å²) in [7, 11) is 3.15. The molecular weight excluding hydrogens is 502 g/mol. The first kappa shape index (κ1) is 27.3. The number of rotatable bonds is 9. The summed E-state index contributed by atoms with van der Waals surface area (Å²) in [5.41, 5.74) is 4.12. The largest absolute Gasteiger partial charge is 0.493 e. The van der Waals surface area contributed by atoms with Crippen LogP contribution in [0.1, 0.15) is 54.8 Å². The molecule has 1 saturated carbocycles. The lowest BCUT2D eigenvalue weighted by molar-refractivity contribution is -0.127. The van der Waals surface area contributed by atoms with Crippen LogP contribution in [0.2, 0.25) is 0 Å². The highest BCUT2D eigenvalue weighted by molar-refractivity contribution is 6.04. The quantitative estimate of drug-likeness (QED) is 0.263. The van der Waals surface area contributed by atoms with Crippen LogP contribution in [0.4, 0.5) is 5.69 Å². The smallest absolute Gasteiger partial charge is 0.248 e. The molecule has 0 radical (unpaired) electrons. The van der Waals surface area contributed by atoms with Crippen molar-refractivity contribution in [2.45, 2.75) is 57.5 Å². The fraction of sp³-hybridized carbons (Fsp3) is 0.333. The maximum atomic E-state index is 14.4. The molecule has 7 heteroatoms. The normalized spacial score (nSPS) is 14.5. The molecule has 3 aromatic carbocycles. The Hall–Kier alpha value is -4.26. The van der Waals surface area contributed by atoms with Crippen LogP contribution in [0.15, 0.2) is 72.9 Å². The lowest BCUT2D eigenvalue weighted by atomic mass is 9.94. The van der Waals surface area contributed by atoms with Gasteiger partial charge in [-0.1, -0.05) is 61.7 Å². The van der Waals surface area contributed by atoms with Gasteiger partial charge < -0.3 is 19.8 Å². The number of nitrogens with zero attached hydrogens (tertiary/aromatic N) is 1. The molecule has 0 aliphatic heterocycles. The van der Waals surface area contributed by atoms with Gasteiger partial charge in [-0.3, -0.25) is 14.5 Å². The van der Waals surface area contributed by atoms with Crippen molar-refractivity contribution >= 4 is 28.4 Å². The molecular formula is C33H37N3O4.